The fourth-order valence-electron chi connectivity index (χ4n) is 2.80. The minimum absolute atomic E-state index is 0.317. The van der Waals surface area contributed by atoms with E-state index < -0.39 is 0 Å². The quantitative estimate of drug-likeness (QED) is 0.481. The van der Waals surface area contributed by atoms with Crippen molar-refractivity contribution < 1.29 is 9.47 Å². The average Bonchev–Trinajstić information content (AvgIpc) is 2.72. The summed E-state index contributed by atoms with van der Waals surface area (Å²) in [5.74, 6) is 0. The zero-order valence-corrected chi connectivity index (χ0v) is 16.3. The molecule has 0 fully saturated rings. The topological polar surface area (TPSA) is 18.5 Å². The molecule has 0 bridgehead atoms. The van der Waals surface area contributed by atoms with Gasteiger partial charge in [0, 0.05) is 19.8 Å². The Morgan fingerprint density at radius 1 is 0.538 bits per heavy atom. The first kappa shape index (κ1) is 19.9. The zero-order chi connectivity index (χ0) is 18.9. The summed E-state index contributed by atoms with van der Waals surface area (Å²) in [5.41, 5.74) is 7.14. The van der Waals surface area contributed by atoms with Gasteiger partial charge in [0.05, 0.1) is 0 Å². The van der Waals surface area contributed by atoms with Crippen LogP contribution < -0.4 is 0 Å². The molecule has 0 N–H and O–H groups in total. The van der Waals surface area contributed by atoms with Crippen LogP contribution >= 0.6 is 0 Å². The Kier molecular flexibility index (Phi) is 7.58. The Morgan fingerprint density at radius 2 is 0.846 bits per heavy atom. The lowest BCUT2D eigenvalue weighted by atomic mass is 9.99. The highest BCUT2D eigenvalue weighted by Crippen LogP contribution is 2.27. The first-order valence-corrected chi connectivity index (χ1v) is 9.04. The molecular formula is C24H28O2. The van der Waals surface area contributed by atoms with E-state index in [1.165, 1.54) is 27.8 Å². The van der Waals surface area contributed by atoms with Crippen molar-refractivity contribution in [3.8, 4) is 22.3 Å². The second-order valence-corrected chi connectivity index (χ2v) is 5.87. The van der Waals surface area contributed by atoms with Gasteiger partial charge < -0.3 is 9.47 Å². The van der Waals surface area contributed by atoms with Gasteiger partial charge in [-0.1, -0.05) is 92.2 Å². The van der Waals surface area contributed by atoms with Crippen molar-refractivity contribution in [3.05, 3.63) is 83.9 Å². The number of ether oxygens (including phenoxy) is 2. The van der Waals surface area contributed by atoms with Crippen molar-refractivity contribution in [3.63, 3.8) is 0 Å². The molecule has 0 heterocycles. The van der Waals surface area contributed by atoms with Gasteiger partial charge >= 0.3 is 0 Å². The number of hydrogen-bond acceptors (Lipinski definition) is 2. The van der Waals surface area contributed by atoms with Crippen LogP contribution in [0.15, 0.2) is 72.8 Å². The summed E-state index contributed by atoms with van der Waals surface area (Å²) in [6.45, 7) is 6.11. The van der Waals surface area contributed by atoms with E-state index >= 15 is 0 Å². The Labute approximate surface area is 157 Å². The van der Waals surface area contributed by atoms with E-state index in [0.717, 1.165) is 5.56 Å². The summed E-state index contributed by atoms with van der Waals surface area (Å²) < 4.78 is 10.6. The first-order valence-electron chi connectivity index (χ1n) is 9.04. The van der Waals surface area contributed by atoms with Crippen molar-refractivity contribution in [2.45, 2.75) is 27.1 Å². The molecule has 0 saturated carbocycles. The van der Waals surface area contributed by atoms with Gasteiger partial charge in [0.15, 0.2) is 6.29 Å². The summed E-state index contributed by atoms with van der Waals surface area (Å²) in [6, 6.07) is 25.5. The second-order valence-electron chi connectivity index (χ2n) is 5.87. The van der Waals surface area contributed by atoms with Crippen LogP contribution in [0.3, 0.4) is 0 Å². The molecule has 0 radical (unpaired) electrons. The Morgan fingerprint density at radius 3 is 1.19 bits per heavy atom. The third-order valence-electron chi connectivity index (χ3n) is 4.21. The standard InChI is InChI=1S/C22H22O2.C2H6/c1-16-4-6-17(7-5-16)18-8-10-19(11-9-18)20-12-14-21(15-13-20)22(23-2)24-3;1-2/h4-15,22H,1-3H3;1-2H3. The molecular weight excluding hydrogens is 320 g/mol. The Bertz CT molecular complexity index is 768. The lowest BCUT2D eigenvalue weighted by molar-refractivity contribution is -0.106. The predicted octanol–water partition coefficient (Wildman–Crippen LogP) is 6.65. The SMILES string of the molecule is CC.COC(OC)c1ccc(-c2ccc(-c3ccc(C)cc3)cc2)cc1. The number of benzene rings is 3. The molecule has 0 aliphatic heterocycles. The minimum Gasteiger partial charge on any atom is -0.352 e. The molecule has 3 aromatic rings. The number of hydrogen-bond donors (Lipinski definition) is 0. The maximum atomic E-state index is 5.28. The van der Waals surface area contributed by atoms with Crippen LogP contribution in [0.5, 0.6) is 0 Å². The highest BCUT2D eigenvalue weighted by atomic mass is 16.7. The minimum atomic E-state index is -0.317. The van der Waals surface area contributed by atoms with Gasteiger partial charge in [-0.25, -0.2) is 0 Å². The Balaban J connectivity index is 0.00000117. The molecule has 2 heteroatoms. The second kappa shape index (κ2) is 9.91. The maximum absolute atomic E-state index is 5.28. The number of aryl methyl sites for hydroxylation is 1. The van der Waals surface area contributed by atoms with E-state index in [1.807, 2.05) is 26.0 Å². The van der Waals surface area contributed by atoms with Gasteiger partial charge in [0.25, 0.3) is 0 Å². The van der Waals surface area contributed by atoms with Crippen molar-refractivity contribution >= 4 is 0 Å². The third-order valence-corrected chi connectivity index (χ3v) is 4.21. The van der Waals surface area contributed by atoms with E-state index in [2.05, 4.69) is 67.6 Å². The van der Waals surface area contributed by atoms with E-state index in [-0.39, 0.29) is 6.29 Å². The lowest BCUT2D eigenvalue weighted by Crippen LogP contribution is -2.03. The van der Waals surface area contributed by atoms with E-state index in [4.69, 9.17) is 9.47 Å². The van der Waals surface area contributed by atoms with Crippen molar-refractivity contribution in [1.29, 1.82) is 0 Å². The number of rotatable bonds is 5. The van der Waals surface area contributed by atoms with Gasteiger partial charge in [-0.05, 0) is 29.2 Å². The molecule has 0 spiro atoms. The summed E-state index contributed by atoms with van der Waals surface area (Å²) in [6.07, 6.45) is -0.317. The highest BCUT2D eigenvalue weighted by Gasteiger charge is 2.08. The van der Waals surface area contributed by atoms with Crippen LogP contribution in [-0.4, -0.2) is 14.2 Å². The lowest BCUT2D eigenvalue weighted by Gasteiger charge is -2.14. The monoisotopic (exact) mass is 348 g/mol. The summed E-state index contributed by atoms with van der Waals surface area (Å²) in [4.78, 5) is 0. The van der Waals surface area contributed by atoms with Crippen molar-refractivity contribution in [1.82, 2.24) is 0 Å². The number of methoxy groups -OCH3 is 2. The molecule has 26 heavy (non-hydrogen) atoms. The van der Waals surface area contributed by atoms with Crippen molar-refractivity contribution in [2.75, 3.05) is 14.2 Å². The molecule has 136 valence electrons. The highest BCUT2D eigenvalue weighted by molar-refractivity contribution is 5.70. The maximum Gasteiger partial charge on any atom is 0.183 e. The molecule has 0 saturated heterocycles. The van der Waals surface area contributed by atoms with Gasteiger partial charge in [-0.15, -0.1) is 0 Å². The smallest absolute Gasteiger partial charge is 0.183 e. The van der Waals surface area contributed by atoms with Crippen LogP contribution in [-0.2, 0) is 9.47 Å². The van der Waals surface area contributed by atoms with Gasteiger partial charge in [0.2, 0.25) is 0 Å². The van der Waals surface area contributed by atoms with E-state index in [1.54, 1.807) is 14.2 Å². The molecule has 0 aromatic heterocycles. The van der Waals surface area contributed by atoms with Gasteiger partial charge in [0.1, 0.15) is 0 Å². The molecule has 0 aliphatic rings. The van der Waals surface area contributed by atoms with Crippen LogP contribution in [0.25, 0.3) is 22.3 Å². The third kappa shape index (κ3) is 4.81. The zero-order valence-electron chi connectivity index (χ0n) is 16.3. The fraction of sp³-hybridized carbons (Fsp3) is 0.250. The Hall–Kier alpha value is -2.42. The normalized spacial score (nSPS) is 10.4. The van der Waals surface area contributed by atoms with E-state index in [9.17, 15) is 0 Å². The molecule has 0 aliphatic carbocycles. The van der Waals surface area contributed by atoms with Gasteiger partial charge in [-0.2, -0.15) is 0 Å². The molecule has 3 rings (SSSR count). The van der Waals surface area contributed by atoms with Crippen LogP contribution in [0.4, 0.5) is 0 Å². The molecule has 2 nitrogen and oxygen atoms in total. The predicted molar refractivity (Wildman–Crippen MR) is 110 cm³/mol. The van der Waals surface area contributed by atoms with Crippen LogP contribution in [0, 0.1) is 6.92 Å². The average molecular weight is 348 g/mol. The van der Waals surface area contributed by atoms with Crippen LogP contribution in [0.2, 0.25) is 0 Å². The largest absolute Gasteiger partial charge is 0.352 e. The molecule has 3 aromatic carbocycles. The van der Waals surface area contributed by atoms with Gasteiger partial charge in [-0.3, -0.25) is 0 Å². The molecule has 0 unspecified atom stereocenters. The molecule has 0 amide bonds. The first-order chi connectivity index (χ1) is 12.7. The van der Waals surface area contributed by atoms with E-state index in [0.29, 0.717) is 0 Å². The summed E-state index contributed by atoms with van der Waals surface area (Å²) in [5, 5.41) is 0. The van der Waals surface area contributed by atoms with Crippen molar-refractivity contribution in [2.24, 2.45) is 0 Å². The summed E-state index contributed by atoms with van der Waals surface area (Å²) >= 11 is 0. The molecule has 0 atom stereocenters. The fourth-order valence-corrected chi connectivity index (χ4v) is 2.80. The summed E-state index contributed by atoms with van der Waals surface area (Å²) in [7, 11) is 3.29. The van der Waals surface area contributed by atoms with Crippen LogP contribution in [0.1, 0.15) is 31.3 Å².